The van der Waals surface area contributed by atoms with Crippen LogP contribution in [-0.4, -0.2) is 24.1 Å². The van der Waals surface area contributed by atoms with Crippen molar-refractivity contribution in [3.8, 4) is 6.07 Å². The number of alkyl halides is 1. The number of thioether (sulfide) groups is 1. The summed E-state index contributed by atoms with van der Waals surface area (Å²) in [6.45, 7) is 0.832. The number of fused-ring (bicyclic) bond motifs is 1. The van der Waals surface area contributed by atoms with Gasteiger partial charge in [-0.15, -0.1) is 11.8 Å². The van der Waals surface area contributed by atoms with Crippen LogP contribution in [0.5, 0.6) is 0 Å². The van der Waals surface area contributed by atoms with E-state index in [1.807, 2.05) is 12.1 Å². The minimum absolute atomic E-state index is 0.200. The summed E-state index contributed by atoms with van der Waals surface area (Å²) >= 11 is 1.62. The number of hydrogen-bond acceptors (Lipinski definition) is 3. The highest BCUT2D eigenvalue weighted by atomic mass is 32.2. The van der Waals surface area contributed by atoms with Gasteiger partial charge in [-0.2, -0.15) is 5.26 Å². The number of rotatable bonds is 0. The van der Waals surface area contributed by atoms with E-state index >= 15 is 0 Å². The van der Waals surface area contributed by atoms with Crippen LogP contribution < -0.4 is 0 Å². The Hall–Kier alpha value is -1.05. The van der Waals surface area contributed by atoms with Gasteiger partial charge in [0.05, 0.1) is 23.0 Å². The third kappa shape index (κ3) is 1.74. The van der Waals surface area contributed by atoms with E-state index in [-0.39, 0.29) is 11.4 Å². The SMILES string of the molecule is N#Cc1ccc2c(c1)CC1(CCOCC1F)S2. The second-order valence-electron chi connectivity index (χ2n) is 4.57. The molecule has 0 aromatic heterocycles. The molecule has 1 aromatic carbocycles. The van der Waals surface area contributed by atoms with Gasteiger partial charge in [-0.05, 0) is 36.6 Å². The highest BCUT2D eigenvalue weighted by Gasteiger charge is 2.47. The summed E-state index contributed by atoms with van der Waals surface area (Å²) in [5, 5.41) is 8.87. The van der Waals surface area contributed by atoms with E-state index in [9.17, 15) is 4.39 Å². The van der Waals surface area contributed by atoms with Crippen LogP contribution in [0, 0.1) is 11.3 Å². The Morgan fingerprint density at radius 2 is 2.41 bits per heavy atom. The maximum Gasteiger partial charge on any atom is 0.139 e. The molecular weight excluding hydrogens is 237 g/mol. The highest BCUT2D eigenvalue weighted by molar-refractivity contribution is 8.01. The Balaban J connectivity index is 1.94. The molecule has 1 fully saturated rings. The number of nitriles is 1. The lowest BCUT2D eigenvalue weighted by Gasteiger charge is -2.35. The predicted molar refractivity (Wildman–Crippen MR) is 63.8 cm³/mol. The Morgan fingerprint density at radius 1 is 1.53 bits per heavy atom. The summed E-state index contributed by atoms with van der Waals surface area (Å²) in [6.07, 6.45) is 0.543. The normalized spacial score (nSPS) is 31.2. The van der Waals surface area contributed by atoms with Gasteiger partial charge >= 0.3 is 0 Å². The molecule has 0 bridgehead atoms. The molecule has 88 valence electrons. The molecule has 1 saturated heterocycles. The van der Waals surface area contributed by atoms with E-state index in [1.54, 1.807) is 17.8 Å². The van der Waals surface area contributed by atoms with Gasteiger partial charge in [-0.25, -0.2) is 4.39 Å². The number of ether oxygens (including phenoxy) is 1. The van der Waals surface area contributed by atoms with Crippen molar-refractivity contribution < 1.29 is 9.13 Å². The lowest BCUT2D eigenvalue weighted by Crippen LogP contribution is -2.44. The molecule has 4 heteroatoms. The van der Waals surface area contributed by atoms with Crippen molar-refractivity contribution in [2.45, 2.75) is 28.7 Å². The lowest BCUT2D eigenvalue weighted by atomic mass is 9.90. The smallest absolute Gasteiger partial charge is 0.139 e. The fraction of sp³-hybridized carbons (Fsp3) is 0.462. The van der Waals surface area contributed by atoms with Gasteiger partial charge in [0.2, 0.25) is 0 Å². The van der Waals surface area contributed by atoms with Gasteiger partial charge < -0.3 is 4.74 Å². The number of halogens is 1. The Bertz CT molecular complexity index is 499. The number of hydrogen-bond donors (Lipinski definition) is 0. The first-order valence-electron chi connectivity index (χ1n) is 5.67. The summed E-state index contributed by atoms with van der Waals surface area (Å²) < 4.78 is 18.9. The number of nitrogens with zero attached hydrogens (tertiary/aromatic N) is 1. The van der Waals surface area contributed by atoms with Crippen molar-refractivity contribution in [3.63, 3.8) is 0 Å². The molecule has 0 radical (unpaired) electrons. The fourth-order valence-electron chi connectivity index (χ4n) is 2.52. The van der Waals surface area contributed by atoms with Crippen LogP contribution in [0.1, 0.15) is 17.5 Å². The van der Waals surface area contributed by atoms with Gasteiger partial charge in [-0.1, -0.05) is 0 Å². The third-order valence-electron chi connectivity index (χ3n) is 3.50. The molecule has 0 N–H and O–H groups in total. The van der Waals surface area contributed by atoms with Gasteiger partial charge in [0, 0.05) is 11.5 Å². The average Bonchev–Trinajstić information content (AvgIpc) is 2.71. The quantitative estimate of drug-likeness (QED) is 0.708. The van der Waals surface area contributed by atoms with Crippen LogP contribution in [-0.2, 0) is 11.2 Å². The molecular formula is C13H12FNOS. The van der Waals surface area contributed by atoms with Crippen molar-refractivity contribution in [1.82, 2.24) is 0 Å². The van der Waals surface area contributed by atoms with Crippen molar-refractivity contribution >= 4 is 11.8 Å². The topological polar surface area (TPSA) is 33.0 Å². The Labute approximate surface area is 104 Å². The van der Waals surface area contributed by atoms with E-state index in [2.05, 4.69) is 6.07 Å². The van der Waals surface area contributed by atoms with E-state index < -0.39 is 6.17 Å². The first-order chi connectivity index (χ1) is 8.23. The van der Waals surface area contributed by atoms with Crippen molar-refractivity contribution in [2.24, 2.45) is 0 Å². The Kier molecular flexibility index (Phi) is 2.61. The van der Waals surface area contributed by atoms with Crippen LogP contribution in [0.3, 0.4) is 0 Å². The van der Waals surface area contributed by atoms with E-state index in [1.165, 1.54) is 0 Å². The maximum atomic E-state index is 14.1. The molecule has 2 heterocycles. The molecule has 3 rings (SSSR count). The molecule has 0 amide bonds. The minimum atomic E-state index is -0.917. The van der Waals surface area contributed by atoms with Gasteiger partial charge in [-0.3, -0.25) is 0 Å². The average molecular weight is 249 g/mol. The molecule has 2 atom stereocenters. The van der Waals surface area contributed by atoms with Crippen molar-refractivity contribution in [2.75, 3.05) is 13.2 Å². The molecule has 2 nitrogen and oxygen atoms in total. The van der Waals surface area contributed by atoms with E-state index in [4.69, 9.17) is 10.00 Å². The monoisotopic (exact) mass is 249 g/mol. The van der Waals surface area contributed by atoms with Crippen LogP contribution in [0.4, 0.5) is 4.39 Å². The molecule has 2 unspecified atom stereocenters. The van der Waals surface area contributed by atoms with Crippen LogP contribution in [0.15, 0.2) is 23.1 Å². The fourth-order valence-corrected chi connectivity index (χ4v) is 3.96. The maximum absolute atomic E-state index is 14.1. The summed E-state index contributed by atoms with van der Waals surface area (Å²) in [4.78, 5) is 1.12. The molecule has 2 aliphatic heterocycles. The third-order valence-corrected chi connectivity index (χ3v) is 5.13. The largest absolute Gasteiger partial charge is 0.378 e. The van der Waals surface area contributed by atoms with Crippen LogP contribution in [0.2, 0.25) is 0 Å². The van der Waals surface area contributed by atoms with E-state index in [0.717, 1.165) is 16.9 Å². The molecule has 2 aliphatic rings. The van der Waals surface area contributed by atoms with Gasteiger partial charge in [0.25, 0.3) is 0 Å². The first kappa shape index (κ1) is 11.1. The molecule has 0 saturated carbocycles. The zero-order valence-electron chi connectivity index (χ0n) is 9.28. The second-order valence-corrected chi connectivity index (χ2v) is 6.03. The zero-order chi connectivity index (χ0) is 11.9. The molecule has 1 aromatic rings. The minimum Gasteiger partial charge on any atom is -0.378 e. The highest BCUT2D eigenvalue weighted by Crippen LogP contribution is 2.51. The number of benzene rings is 1. The van der Waals surface area contributed by atoms with Crippen molar-refractivity contribution in [1.29, 1.82) is 5.26 Å². The lowest BCUT2D eigenvalue weighted by molar-refractivity contribution is 0.0133. The molecule has 1 spiro atoms. The summed E-state index contributed by atoms with van der Waals surface area (Å²) in [5.74, 6) is 0. The standard InChI is InChI=1S/C13H12FNOS/c14-12-8-16-4-3-13(12)6-10-5-9(7-15)1-2-11(10)17-13/h1-2,5,12H,3-4,6,8H2. The van der Waals surface area contributed by atoms with E-state index in [0.29, 0.717) is 18.6 Å². The first-order valence-corrected chi connectivity index (χ1v) is 6.49. The summed E-state index contributed by atoms with van der Waals surface area (Å²) in [7, 11) is 0. The van der Waals surface area contributed by atoms with Crippen molar-refractivity contribution in [3.05, 3.63) is 29.3 Å². The predicted octanol–water partition coefficient (Wildman–Crippen LogP) is 2.70. The Morgan fingerprint density at radius 3 is 3.18 bits per heavy atom. The van der Waals surface area contributed by atoms with Crippen LogP contribution in [0.25, 0.3) is 0 Å². The zero-order valence-corrected chi connectivity index (χ0v) is 10.1. The molecule has 0 aliphatic carbocycles. The summed E-state index contributed by atoms with van der Waals surface area (Å²) in [6, 6.07) is 7.76. The second kappa shape index (κ2) is 4.01. The molecule has 17 heavy (non-hydrogen) atoms. The van der Waals surface area contributed by atoms with Gasteiger partial charge in [0.1, 0.15) is 6.17 Å². The summed E-state index contributed by atoms with van der Waals surface area (Å²) in [5.41, 5.74) is 1.77. The van der Waals surface area contributed by atoms with Gasteiger partial charge in [0.15, 0.2) is 0 Å². The van der Waals surface area contributed by atoms with Crippen LogP contribution >= 0.6 is 11.8 Å².